The van der Waals surface area contributed by atoms with Crippen molar-refractivity contribution >= 4 is 11.8 Å². The van der Waals surface area contributed by atoms with Crippen molar-refractivity contribution in [3.8, 4) is 0 Å². The van der Waals surface area contributed by atoms with Crippen LogP contribution < -0.4 is 10.6 Å². The van der Waals surface area contributed by atoms with E-state index in [4.69, 9.17) is 0 Å². The lowest BCUT2D eigenvalue weighted by Crippen LogP contribution is -2.34. The molecule has 2 N–H and O–H groups in total. The quantitative estimate of drug-likeness (QED) is 0.598. The summed E-state index contributed by atoms with van der Waals surface area (Å²) in [5, 5.41) is 5.45. The van der Waals surface area contributed by atoms with E-state index in [0.717, 1.165) is 12.8 Å². The molecule has 4 heteroatoms. The number of amides is 2. The Morgan fingerprint density at radius 2 is 1.21 bits per heavy atom. The Morgan fingerprint density at radius 3 is 1.50 bits per heavy atom. The minimum atomic E-state index is 0.0530. The van der Waals surface area contributed by atoms with E-state index in [1.54, 1.807) is 0 Å². The summed E-state index contributed by atoms with van der Waals surface area (Å²) < 4.78 is 0. The predicted molar refractivity (Wildman–Crippen MR) is 55.8 cm³/mol. The molecule has 0 aliphatic heterocycles. The summed E-state index contributed by atoms with van der Waals surface area (Å²) in [5.41, 5.74) is 0. The van der Waals surface area contributed by atoms with Crippen molar-refractivity contribution < 1.29 is 9.59 Å². The average Bonchev–Trinajstić information content (AvgIpc) is 2.13. The molecule has 2 amide bonds. The lowest BCUT2D eigenvalue weighted by molar-refractivity contribution is -0.122. The van der Waals surface area contributed by atoms with E-state index in [9.17, 15) is 9.59 Å². The maximum atomic E-state index is 11.0. The number of nitrogens with one attached hydrogen (secondary N) is 2. The van der Waals surface area contributed by atoms with E-state index in [-0.39, 0.29) is 11.8 Å². The zero-order valence-electron chi connectivity index (χ0n) is 9.06. The summed E-state index contributed by atoms with van der Waals surface area (Å²) in [4.78, 5) is 22.0. The number of carbonyl (C=O) groups is 2. The summed E-state index contributed by atoms with van der Waals surface area (Å²) in [6.45, 7) is 4.97. The first kappa shape index (κ1) is 12.9. The predicted octanol–water partition coefficient (Wildman–Crippen LogP) is 0.819. The molecule has 4 nitrogen and oxygen atoms in total. The Morgan fingerprint density at radius 1 is 0.857 bits per heavy atom. The molecule has 14 heavy (non-hydrogen) atoms. The summed E-state index contributed by atoms with van der Waals surface area (Å²) >= 11 is 0. The first-order valence-corrected chi connectivity index (χ1v) is 5.24. The van der Waals surface area contributed by atoms with Gasteiger partial charge < -0.3 is 10.6 Å². The summed E-state index contributed by atoms with van der Waals surface area (Å²) in [6.07, 6.45) is 2.83. The topological polar surface area (TPSA) is 58.2 Å². The normalized spacial score (nSPS) is 9.57. The highest BCUT2D eigenvalue weighted by molar-refractivity contribution is 5.76. The standard InChI is InChI=1S/C10H20N2O2/c1-3-5-9(13)11-7-8-12-10(14)6-4-2/h3-8H2,1-2H3,(H,11,13)(H,12,14). The summed E-state index contributed by atoms with van der Waals surface area (Å²) in [5.74, 6) is 0.106. The fourth-order valence-electron chi connectivity index (χ4n) is 1.03. The van der Waals surface area contributed by atoms with Crippen LogP contribution in [-0.4, -0.2) is 24.9 Å². The molecule has 0 radical (unpaired) electrons. The van der Waals surface area contributed by atoms with Gasteiger partial charge in [-0.15, -0.1) is 0 Å². The highest BCUT2D eigenvalue weighted by Crippen LogP contribution is 1.85. The van der Waals surface area contributed by atoms with Crippen LogP contribution in [0.1, 0.15) is 39.5 Å². The van der Waals surface area contributed by atoms with E-state index in [2.05, 4.69) is 10.6 Å². The molecule has 82 valence electrons. The molecule has 0 saturated carbocycles. The van der Waals surface area contributed by atoms with Crippen molar-refractivity contribution in [2.45, 2.75) is 39.5 Å². The highest BCUT2D eigenvalue weighted by atomic mass is 16.2. The van der Waals surface area contributed by atoms with Gasteiger partial charge in [-0.3, -0.25) is 9.59 Å². The van der Waals surface area contributed by atoms with Crippen LogP contribution in [0.5, 0.6) is 0 Å². The Labute approximate surface area is 85.4 Å². The van der Waals surface area contributed by atoms with Gasteiger partial charge in [0.2, 0.25) is 11.8 Å². The van der Waals surface area contributed by atoms with Crippen molar-refractivity contribution in [1.29, 1.82) is 0 Å². The maximum Gasteiger partial charge on any atom is 0.220 e. The number of hydrogen-bond donors (Lipinski definition) is 2. The van der Waals surface area contributed by atoms with E-state index >= 15 is 0 Å². The van der Waals surface area contributed by atoms with Gasteiger partial charge >= 0.3 is 0 Å². The maximum absolute atomic E-state index is 11.0. The third-order valence-electron chi connectivity index (χ3n) is 1.72. The van der Waals surface area contributed by atoms with Gasteiger partial charge in [0.25, 0.3) is 0 Å². The van der Waals surface area contributed by atoms with Crippen LogP contribution in [0.4, 0.5) is 0 Å². The number of carbonyl (C=O) groups excluding carboxylic acids is 2. The third-order valence-corrected chi connectivity index (χ3v) is 1.72. The molecule has 0 atom stereocenters. The molecule has 0 fully saturated rings. The van der Waals surface area contributed by atoms with E-state index in [1.807, 2.05) is 13.8 Å². The van der Waals surface area contributed by atoms with Crippen molar-refractivity contribution in [2.24, 2.45) is 0 Å². The summed E-state index contributed by atoms with van der Waals surface area (Å²) in [6, 6.07) is 0. The van der Waals surface area contributed by atoms with E-state index in [1.165, 1.54) is 0 Å². The molecular weight excluding hydrogens is 180 g/mol. The molecular formula is C10H20N2O2. The van der Waals surface area contributed by atoms with Crippen LogP contribution in [0.15, 0.2) is 0 Å². The van der Waals surface area contributed by atoms with Crippen molar-refractivity contribution in [3.05, 3.63) is 0 Å². The highest BCUT2D eigenvalue weighted by Gasteiger charge is 1.99. The fourth-order valence-corrected chi connectivity index (χ4v) is 1.03. The lowest BCUT2D eigenvalue weighted by atomic mass is 10.3. The van der Waals surface area contributed by atoms with Gasteiger partial charge in [-0.2, -0.15) is 0 Å². The number of rotatable bonds is 7. The van der Waals surface area contributed by atoms with Crippen molar-refractivity contribution in [1.82, 2.24) is 10.6 Å². The summed E-state index contributed by atoms with van der Waals surface area (Å²) in [7, 11) is 0. The molecule has 0 aromatic rings. The van der Waals surface area contributed by atoms with E-state index < -0.39 is 0 Å². The average molecular weight is 200 g/mol. The second kappa shape index (κ2) is 8.53. The van der Waals surface area contributed by atoms with Crippen LogP contribution in [-0.2, 0) is 9.59 Å². The molecule has 0 aliphatic rings. The molecule has 0 rings (SSSR count). The van der Waals surface area contributed by atoms with Crippen LogP contribution in [0.3, 0.4) is 0 Å². The Bertz CT molecular complexity index is 161. The third kappa shape index (κ3) is 7.58. The van der Waals surface area contributed by atoms with Gasteiger partial charge in [-0.25, -0.2) is 0 Å². The fraction of sp³-hybridized carbons (Fsp3) is 0.800. The molecule has 0 spiro atoms. The smallest absolute Gasteiger partial charge is 0.220 e. The molecule has 0 aliphatic carbocycles. The minimum Gasteiger partial charge on any atom is -0.354 e. The van der Waals surface area contributed by atoms with Crippen LogP contribution in [0.2, 0.25) is 0 Å². The number of hydrogen-bond acceptors (Lipinski definition) is 2. The van der Waals surface area contributed by atoms with Gasteiger partial charge in [0.05, 0.1) is 0 Å². The van der Waals surface area contributed by atoms with Gasteiger partial charge in [0.1, 0.15) is 0 Å². The lowest BCUT2D eigenvalue weighted by Gasteiger charge is -2.05. The van der Waals surface area contributed by atoms with Gasteiger partial charge in [-0.1, -0.05) is 13.8 Å². The molecule has 0 bridgehead atoms. The monoisotopic (exact) mass is 200 g/mol. The van der Waals surface area contributed by atoms with E-state index in [0.29, 0.717) is 25.9 Å². The van der Waals surface area contributed by atoms with Gasteiger partial charge in [-0.05, 0) is 12.8 Å². The largest absolute Gasteiger partial charge is 0.354 e. The Balaban J connectivity index is 3.28. The van der Waals surface area contributed by atoms with Gasteiger partial charge in [0, 0.05) is 25.9 Å². The van der Waals surface area contributed by atoms with Crippen molar-refractivity contribution in [2.75, 3.05) is 13.1 Å². The Kier molecular flexibility index (Phi) is 7.89. The molecule has 0 heterocycles. The molecule has 0 aromatic heterocycles. The van der Waals surface area contributed by atoms with Crippen molar-refractivity contribution in [3.63, 3.8) is 0 Å². The van der Waals surface area contributed by atoms with Gasteiger partial charge in [0.15, 0.2) is 0 Å². The zero-order chi connectivity index (χ0) is 10.8. The molecule has 0 aromatic carbocycles. The van der Waals surface area contributed by atoms with Crippen LogP contribution >= 0.6 is 0 Å². The first-order chi connectivity index (χ1) is 6.70. The Hall–Kier alpha value is -1.06. The first-order valence-electron chi connectivity index (χ1n) is 5.24. The SMILES string of the molecule is CCCC(=O)NCCNC(=O)CCC. The second-order valence-electron chi connectivity index (χ2n) is 3.20. The second-order valence-corrected chi connectivity index (χ2v) is 3.20. The molecule has 0 unspecified atom stereocenters. The zero-order valence-corrected chi connectivity index (χ0v) is 9.06. The van der Waals surface area contributed by atoms with Crippen LogP contribution in [0, 0.1) is 0 Å². The molecule has 0 saturated heterocycles. The van der Waals surface area contributed by atoms with Crippen LogP contribution in [0.25, 0.3) is 0 Å². The minimum absolute atomic E-state index is 0.0530.